The highest BCUT2D eigenvalue weighted by Crippen LogP contribution is 2.36. The second kappa shape index (κ2) is 5.93. The Bertz CT molecular complexity index is 715. The van der Waals surface area contributed by atoms with Crippen LogP contribution in [0.15, 0.2) is 18.2 Å². The number of nitrogens with zero attached hydrogens (tertiary/aromatic N) is 1. The summed E-state index contributed by atoms with van der Waals surface area (Å²) >= 11 is 0. The summed E-state index contributed by atoms with van der Waals surface area (Å²) in [6, 6.07) is 4.41. The first-order chi connectivity index (χ1) is 10.2. The molecule has 0 saturated carbocycles. The molecule has 1 heterocycles. The molecule has 1 atom stereocenters. The van der Waals surface area contributed by atoms with Gasteiger partial charge < -0.3 is 14.7 Å². The minimum absolute atomic E-state index is 0.00641. The van der Waals surface area contributed by atoms with Gasteiger partial charge in [0.05, 0.1) is 18.4 Å². The number of aromatic carboxylic acids is 1. The van der Waals surface area contributed by atoms with E-state index in [1.54, 1.807) is 6.07 Å². The summed E-state index contributed by atoms with van der Waals surface area (Å²) in [7, 11) is -2.34. The molecule has 1 aromatic rings. The van der Waals surface area contributed by atoms with Gasteiger partial charge in [-0.05, 0) is 12.1 Å². The van der Waals surface area contributed by atoms with Gasteiger partial charge in [-0.25, -0.2) is 18.4 Å². The fraction of sp³-hybridized carbons (Fsp3) is 0.385. The van der Waals surface area contributed by atoms with Crippen molar-refractivity contribution in [2.24, 2.45) is 11.1 Å². The number of carboxylic acid groups (broad SMARTS) is 1. The average Bonchev–Trinajstić information content (AvgIpc) is 2.75. The summed E-state index contributed by atoms with van der Waals surface area (Å²) in [5, 5.41) is 14.3. The van der Waals surface area contributed by atoms with Crippen molar-refractivity contribution in [1.82, 2.24) is 0 Å². The Balaban J connectivity index is 2.40. The molecule has 0 aliphatic carbocycles. The minimum Gasteiger partial charge on any atom is -0.495 e. The van der Waals surface area contributed by atoms with Gasteiger partial charge in [0.1, 0.15) is 11.4 Å². The number of methoxy groups -OCH3 is 1. The standard InChI is InChI=1S/C13H16N2O6S/c1-21-10-4-2-3-9(13(17)18)12(10)15-6-8(5-11(15)16)7-22(14,19)20/h2-4,8H,5-7H2,1H3,(H,17,18)(H2,14,19,20). The first-order valence-electron chi connectivity index (χ1n) is 6.44. The predicted molar refractivity (Wildman–Crippen MR) is 78.4 cm³/mol. The monoisotopic (exact) mass is 328 g/mol. The molecule has 1 saturated heterocycles. The first kappa shape index (κ1) is 16.2. The lowest BCUT2D eigenvalue weighted by Crippen LogP contribution is -2.29. The fourth-order valence-electron chi connectivity index (χ4n) is 2.58. The topological polar surface area (TPSA) is 127 Å². The lowest BCUT2D eigenvalue weighted by molar-refractivity contribution is -0.117. The largest absolute Gasteiger partial charge is 0.495 e. The van der Waals surface area contributed by atoms with Gasteiger partial charge >= 0.3 is 5.97 Å². The van der Waals surface area contributed by atoms with Crippen LogP contribution in [0.25, 0.3) is 0 Å². The molecule has 0 aromatic heterocycles. The van der Waals surface area contributed by atoms with E-state index in [4.69, 9.17) is 9.88 Å². The van der Waals surface area contributed by atoms with Crippen LogP contribution in [0.5, 0.6) is 5.75 Å². The van der Waals surface area contributed by atoms with Crippen molar-refractivity contribution in [3.63, 3.8) is 0 Å². The van der Waals surface area contributed by atoms with E-state index < -0.39 is 21.9 Å². The highest BCUT2D eigenvalue weighted by Gasteiger charge is 2.36. The quantitative estimate of drug-likeness (QED) is 0.785. The number of benzene rings is 1. The summed E-state index contributed by atoms with van der Waals surface area (Å²) in [4.78, 5) is 24.8. The van der Waals surface area contributed by atoms with Gasteiger partial charge in [0.15, 0.2) is 0 Å². The zero-order valence-corrected chi connectivity index (χ0v) is 12.7. The average molecular weight is 328 g/mol. The maximum Gasteiger partial charge on any atom is 0.337 e. The number of hydrogen-bond donors (Lipinski definition) is 2. The lowest BCUT2D eigenvalue weighted by Gasteiger charge is -2.21. The summed E-state index contributed by atoms with van der Waals surface area (Å²) in [6.45, 7) is 0.0793. The molecule has 1 aliphatic rings. The van der Waals surface area contributed by atoms with E-state index in [0.29, 0.717) is 0 Å². The van der Waals surface area contributed by atoms with Gasteiger partial charge in [-0.1, -0.05) is 6.07 Å². The normalized spacial score (nSPS) is 18.5. The van der Waals surface area contributed by atoms with Crippen molar-refractivity contribution in [3.8, 4) is 5.75 Å². The molecule has 1 aliphatic heterocycles. The number of carbonyl (C=O) groups is 2. The van der Waals surface area contributed by atoms with Crippen LogP contribution in [-0.4, -0.2) is 44.8 Å². The highest BCUT2D eigenvalue weighted by molar-refractivity contribution is 7.89. The van der Waals surface area contributed by atoms with Crippen LogP contribution < -0.4 is 14.8 Å². The Morgan fingerprint density at radius 1 is 1.50 bits per heavy atom. The van der Waals surface area contributed by atoms with E-state index in [9.17, 15) is 23.1 Å². The summed E-state index contributed by atoms with van der Waals surface area (Å²) in [5.74, 6) is -2.12. The van der Waals surface area contributed by atoms with Gasteiger partial charge in [0.25, 0.3) is 0 Å². The number of amides is 1. The van der Waals surface area contributed by atoms with Crippen molar-refractivity contribution in [1.29, 1.82) is 0 Å². The second-order valence-corrected chi connectivity index (χ2v) is 6.72. The van der Waals surface area contributed by atoms with Crippen LogP contribution in [0.4, 0.5) is 5.69 Å². The molecular weight excluding hydrogens is 312 g/mol. The Morgan fingerprint density at radius 3 is 2.73 bits per heavy atom. The third-order valence-corrected chi connectivity index (χ3v) is 4.33. The molecule has 0 spiro atoms. The van der Waals surface area contributed by atoms with Crippen molar-refractivity contribution in [2.45, 2.75) is 6.42 Å². The van der Waals surface area contributed by atoms with E-state index in [-0.39, 0.29) is 41.6 Å². The number of ether oxygens (including phenoxy) is 1. The summed E-state index contributed by atoms with van der Waals surface area (Å²) in [5.41, 5.74) is 0.0587. The molecular formula is C13H16N2O6S. The number of sulfonamides is 1. The Morgan fingerprint density at radius 2 is 2.18 bits per heavy atom. The van der Waals surface area contributed by atoms with Crippen LogP contribution in [0.1, 0.15) is 16.8 Å². The van der Waals surface area contributed by atoms with Gasteiger partial charge in [0.2, 0.25) is 15.9 Å². The molecule has 1 unspecified atom stereocenters. The summed E-state index contributed by atoms with van der Waals surface area (Å²) in [6.07, 6.45) is -0.00641. The molecule has 8 nitrogen and oxygen atoms in total. The third-order valence-electron chi connectivity index (χ3n) is 3.39. The third kappa shape index (κ3) is 3.37. The van der Waals surface area contributed by atoms with Gasteiger partial charge in [-0.3, -0.25) is 4.79 Å². The van der Waals surface area contributed by atoms with Crippen LogP contribution in [0.3, 0.4) is 0 Å². The number of carbonyl (C=O) groups excluding carboxylic acids is 1. The number of para-hydroxylation sites is 1. The van der Waals surface area contributed by atoms with Crippen molar-refractivity contribution in [3.05, 3.63) is 23.8 Å². The van der Waals surface area contributed by atoms with E-state index in [2.05, 4.69) is 0 Å². The molecule has 120 valence electrons. The van der Waals surface area contributed by atoms with E-state index in [1.807, 2.05) is 0 Å². The zero-order valence-electron chi connectivity index (χ0n) is 11.9. The molecule has 1 amide bonds. The Hall–Kier alpha value is -2.13. The van der Waals surface area contributed by atoms with Gasteiger partial charge in [0, 0.05) is 18.9 Å². The molecule has 2 rings (SSSR count). The number of primary sulfonamides is 1. The number of hydrogen-bond acceptors (Lipinski definition) is 5. The highest BCUT2D eigenvalue weighted by atomic mass is 32.2. The molecule has 1 fully saturated rings. The van der Waals surface area contributed by atoms with Crippen LogP contribution >= 0.6 is 0 Å². The van der Waals surface area contributed by atoms with Crippen molar-refractivity contribution < 1.29 is 27.9 Å². The first-order valence-corrected chi connectivity index (χ1v) is 8.15. The number of anilines is 1. The number of rotatable bonds is 5. The van der Waals surface area contributed by atoms with Crippen molar-refractivity contribution in [2.75, 3.05) is 24.3 Å². The molecule has 1 aromatic carbocycles. The molecule has 0 radical (unpaired) electrons. The molecule has 9 heteroatoms. The van der Waals surface area contributed by atoms with Crippen LogP contribution in [-0.2, 0) is 14.8 Å². The van der Waals surface area contributed by atoms with Gasteiger partial charge in [-0.15, -0.1) is 0 Å². The predicted octanol–water partition coefficient (Wildman–Crippen LogP) is 0.0348. The maximum atomic E-state index is 12.2. The van der Waals surface area contributed by atoms with E-state index in [0.717, 1.165) is 0 Å². The molecule has 3 N–H and O–H groups in total. The van der Waals surface area contributed by atoms with Gasteiger partial charge in [-0.2, -0.15) is 0 Å². The number of carboxylic acids is 1. The van der Waals surface area contributed by atoms with E-state index in [1.165, 1.54) is 24.1 Å². The zero-order chi connectivity index (χ0) is 16.5. The minimum atomic E-state index is -3.71. The van der Waals surface area contributed by atoms with Crippen LogP contribution in [0.2, 0.25) is 0 Å². The smallest absolute Gasteiger partial charge is 0.337 e. The second-order valence-electron chi connectivity index (χ2n) is 5.07. The molecule has 0 bridgehead atoms. The molecule has 22 heavy (non-hydrogen) atoms. The lowest BCUT2D eigenvalue weighted by atomic mass is 10.1. The van der Waals surface area contributed by atoms with Crippen molar-refractivity contribution >= 4 is 27.6 Å². The van der Waals surface area contributed by atoms with Crippen LogP contribution in [0, 0.1) is 5.92 Å². The number of nitrogens with two attached hydrogens (primary N) is 1. The Labute approximate surface area is 127 Å². The fourth-order valence-corrected chi connectivity index (χ4v) is 3.46. The maximum absolute atomic E-state index is 12.2. The Kier molecular flexibility index (Phi) is 4.38. The summed E-state index contributed by atoms with van der Waals surface area (Å²) < 4.78 is 27.5. The van der Waals surface area contributed by atoms with E-state index >= 15 is 0 Å². The SMILES string of the molecule is COc1cccc(C(=O)O)c1N1CC(CS(N)(=O)=O)CC1=O.